The zero-order valence-electron chi connectivity index (χ0n) is 29.7. The molecule has 2 heteroatoms. The van der Waals surface area contributed by atoms with Crippen LogP contribution in [0.4, 0.5) is 17.1 Å². The molecule has 0 radical (unpaired) electrons. The second kappa shape index (κ2) is 13.4. The van der Waals surface area contributed by atoms with E-state index in [9.17, 15) is 0 Å². The second-order valence-corrected chi connectivity index (χ2v) is 13.8. The number of hydrogen-bond donors (Lipinski definition) is 0. The molecule has 1 heterocycles. The van der Waals surface area contributed by atoms with E-state index < -0.39 is 0 Å². The lowest BCUT2D eigenvalue weighted by atomic mass is 9.96. The van der Waals surface area contributed by atoms with Crippen LogP contribution in [0.1, 0.15) is 0 Å². The average Bonchev–Trinajstić information content (AvgIpc) is 3.61. The molecular formula is C52H36N2. The Labute approximate surface area is 315 Å². The Morgan fingerprint density at radius 1 is 0.315 bits per heavy atom. The first kappa shape index (κ1) is 31.6. The van der Waals surface area contributed by atoms with Crippen molar-refractivity contribution in [3.05, 3.63) is 218 Å². The van der Waals surface area contributed by atoms with Crippen molar-refractivity contribution in [1.82, 2.24) is 4.57 Å². The minimum Gasteiger partial charge on any atom is -0.310 e. The highest BCUT2D eigenvalue weighted by atomic mass is 15.1. The van der Waals surface area contributed by atoms with Gasteiger partial charge in [0.1, 0.15) is 0 Å². The van der Waals surface area contributed by atoms with Crippen molar-refractivity contribution in [3.63, 3.8) is 0 Å². The molecule has 0 aliphatic carbocycles. The van der Waals surface area contributed by atoms with Crippen molar-refractivity contribution in [3.8, 4) is 39.1 Å². The fourth-order valence-corrected chi connectivity index (χ4v) is 8.05. The first-order chi connectivity index (χ1) is 26.8. The van der Waals surface area contributed by atoms with Gasteiger partial charge in [-0.2, -0.15) is 0 Å². The highest BCUT2D eigenvalue weighted by molar-refractivity contribution is 6.25. The van der Waals surface area contributed by atoms with Crippen LogP contribution in [-0.2, 0) is 0 Å². The summed E-state index contributed by atoms with van der Waals surface area (Å²) in [5.74, 6) is 0. The van der Waals surface area contributed by atoms with Crippen LogP contribution in [0.5, 0.6) is 0 Å². The standard InChI is InChI=1S/C52H36N2/c1-4-14-37(15-5-1)39-26-31-44(32-27-39)53(45-33-28-40(29-34-45)38-16-6-2-7-17-38)46-22-12-19-42(36-46)48-24-13-25-49-52(48)51-47-23-11-10-18-41(47)30-35-50(51)54(49)43-20-8-3-9-21-43/h1-36H. The number of hydrogen-bond acceptors (Lipinski definition) is 1. The first-order valence-electron chi connectivity index (χ1n) is 18.5. The summed E-state index contributed by atoms with van der Waals surface area (Å²) in [5.41, 5.74) is 14.0. The van der Waals surface area contributed by atoms with Crippen LogP contribution in [0.25, 0.3) is 71.6 Å². The Hall–Kier alpha value is -7.16. The van der Waals surface area contributed by atoms with Crippen LogP contribution in [-0.4, -0.2) is 4.57 Å². The molecular weight excluding hydrogens is 653 g/mol. The molecule has 9 aromatic carbocycles. The smallest absolute Gasteiger partial charge is 0.0547 e. The van der Waals surface area contributed by atoms with Gasteiger partial charge in [-0.25, -0.2) is 0 Å². The highest BCUT2D eigenvalue weighted by Gasteiger charge is 2.20. The van der Waals surface area contributed by atoms with Crippen LogP contribution in [0.15, 0.2) is 218 Å². The van der Waals surface area contributed by atoms with Crippen molar-refractivity contribution in [2.24, 2.45) is 0 Å². The lowest BCUT2D eigenvalue weighted by Crippen LogP contribution is -2.10. The second-order valence-electron chi connectivity index (χ2n) is 13.8. The molecule has 0 amide bonds. The number of aromatic nitrogens is 1. The lowest BCUT2D eigenvalue weighted by Gasteiger charge is -2.26. The maximum Gasteiger partial charge on any atom is 0.0547 e. The molecule has 2 nitrogen and oxygen atoms in total. The number of para-hydroxylation sites is 1. The fourth-order valence-electron chi connectivity index (χ4n) is 8.05. The predicted octanol–water partition coefficient (Wildman–Crippen LogP) is 14.4. The third-order valence-electron chi connectivity index (χ3n) is 10.6. The van der Waals surface area contributed by atoms with Gasteiger partial charge in [0.15, 0.2) is 0 Å². The summed E-state index contributed by atoms with van der Waals surface area (Å²) in [6.45, 7) is 0. The first-order valence-corrected chi connectivity index (χ1v) is 18.5. The summed E-state index contributed by atoms with van der Waals surface area (Å²) in [4.78, 5) is 2.37. The van der Waals surface area contributed by atoms with Gasteiger partial charge in [0, 0.05) is 33.5 Å². The summed E-state index contributed by atoms with van der Waals surface area (Å²) in [5, 5.41) is 5.04. The van der Waals surface area contributed by atoms with Gasteiger partial charge < -0.3 is 9.47 Å². The molecule has 0 aliphatic rings. The zero-order valence-corrected chi connectivity index (χ0v) is 29.7. The molecule has 0 N–H and O–H groups in total. The van der Waals surface area contributed by atoms with E-state index in [1.165, 1.54) is 66.0 Å². The third kappa shape index (κ3) is 5.53. The Balaban J connectivity index is 1.16. The number of rotatable bonds is 7. The van der Waals surface area contributed by atoms with Crippen molar-refractivity contribution in [2.75, 3.05) is 4.90 Å². The van der Waals surface area contributed by atoms with Gasteiger partial charge in [-0.1, -0.05) is 158 Å². The quantitative estimate of drug-likeness (QED) is 0.162. The molecule has 0 saturated heterocycles. The summed E-state index contributed by atoms with van der Waals surface area (Å²) in [6, 6.07) is 78.8. The van der Waals surface area contributed by atoms with Gasteiger partial charge in [-0.15, -0.1) is 0 Å². The van der Waals surface area contributed by atoms with Crippen LogP contribution in [0.2, 0.25) is 0 Å². The zero-order chi connectivity index (χ0) is 35.8. The molecule has 0 atom stereocenters. The number of anilines is 3. The topological polar surface area (TPSA) is 8.17 Å². The van der Waals surface area contributed by atoms with E-state index in [-0.39, 0.29) is 0 Å². The van der Waals surface area contributed by atoms with E-state index in [0.29, 0.717) is 0 Å². The van der Waals surface area contributed by atoms with Gasteiger partial charge in [0.2, 0.25) is 0 Å². The van der Waals surface area contributed by atoms with E-state index in [1.54, 1.807) is 0 Å². The normalized spacial score (nSPS) is 11.3. The van der Waals surface area contributed by atoms with Gasteiger partial charge in [0.05, 0.1) is 11.0 Å². The molecule has 0 saturated carbocycles. The Kier molecular flexibility index (Phi) is 7.85. The van der Waals surface area contributed by atoms with Gasteiger partial charge in [0.25, 0.3) is 0 Å². The highest BCUT2D eigenvalue weighted by Crippen LogP contribution is 2.44. The molecule has 1 aromatic heterocycles. The summed E-state index contributed by atoms with van der Waals surface area (Å²) in [6.07, 6.45) is 0. The molecule has 10 aromatic rings. The van der Waals surface area contributed by atoms with Gasteiger partial charge >= 0.3 is 0 Å². The fraction of sp³-hybridized carbons (Fsp3) is 0. The minimum atomic E-state index is 1.10. The Bertz CT molecular complexity index is 2810. The molecule has 0 unspecified atom stereocenters. The summed E-state index contributed by atoms with van der Waals surface area (Å²) >= 11 is 0. The van der Waals surface area contributed by atoms with Crippen molar-refractivity contribution in [1.29, 1.82) is 0 Å². The summed E-state index contributed by atoms with van der Waals surface area (Å²) in [7, 11) is 0. The molecule has 0 fully saturated rings. The average molecular weight is 689 g/mol. The third-order valence-corrected chi connectivity index (χ3v) is 10.6. The van der Waals surface area contributed by atoms with Crippen LogP contribution in [0, 0.1) is 0 Å². The van der Waals surface area contributed by atoms with E-state index in [0.717, 1.165) is 22.7 Å². The molecule has 0 aliphatic heterocycles. The number of fused-ring (bicyclic) bond motifs is 5. The molecule has 0 spiro atoms. The Morgan fingerprint density at radius 2 is 0.833 bits per heavy atom. The SMILES string of the molecule is c1ccc(-c2ccc(N(c3ccc(-c4ccccc4)cc3)c3cccc(-c4cccc5c4c4c6ccccc6ccc4n5-c4ccccc4)c3)cc2)cc1. The lowest BCUT2D eigenvalue weighted by molar-refractivity contribution is 1.18. The van der Waals surface area contributed by atoms with E-state index in [1.807, 2.05) is 0 Å². The van der Waals surface area contributed by atoms with Gasteiger partial charge in [-0.3, -0.25) is 0 Å². The van der Waals surface area contributed by atoms with Crippen molar-refractivity contribution >= 4 is 49.6 Å². The van der Waals surface area contributed by atoms with Crippen LogP contribution < -0.4 is 4.90 Å². The molecule has 10 rings (SSSR count). The number of benzene rings is 9. The maximum absolute atomic E-state index is 2.42. The largest absolute Gasteiger partial charge is 0.310 e. The van der Waals surface area contributed by atoms with Crippen molar-refractivity contribution < 1.29 is 0 Å². The number of nitrogens with zero attached hydrogens (tertiary/aromatic N) is 2. The van der Waals surface area contributed by atoms with E-state index in [2.05, 4.69) is 228 Å². The minimum absolute atomic E-state index is 1.10. The van der Waals surface area contributed by atoms with E-state index >= 15 is 0 Å². The molecule has 254 valence electrons. The van der Waals surface area contributed by atoms with Crippen molar-refractivity contribution in [2.45, 2.75) is 0 Å². The van der Waals surface area contributed by atoms with Crippen LogP contribution >= 0.6 is 0 Å². The Morgan fingerprint density at radius 3 is 1.48 bits per heavy atom. The van der Waals surface area contributed by atoms with Crippen LogP contribution in [0.3, 0.4) is 0 Å². The maximum atomic E-state index is 2.42. The molecule has 0 bridgehead atoms. The molecule has 54 heavy (non-hydrogen) atoms. The summed E-state index contributed by atoms with van der Waals surface area (Å²) < 4.78 is 2.42. The van der Waals surface area contributed by atoms with E-state index in [4.69, 9.17) is 0 Å². The van der Waals surface area contributed by atoms with Gasteiger partial charge in [-0.05, 0) is 105 Å². The predicted molar refractivity (Wildman–Crippen MR) is 229 cm³/mol. The monoisotopic (exact) mass is 688 g/mol.